The van der Waals surface area contributed by atoms with Gasteiger partial charge in [-0.2, -0.15) is 0 Å². The number of hydrogen-bond donors (Lipinski definition) is 1. The summed E-state index contributed by atoms with van der Waals surface area (Å²) in [5.74, 6) is 1.06. The highest BCUT2D eigenvalue weighted by molar-refractivity contribution is 7.17. The van der Waals surface area contributed by atoms with Crippen LogP contribution in [-0.4, -0.2) is 18.9 Å². The summed E-state index contributed by atoms with van der Waals surface area (Å²) in [5, 5.41) is 6.68. The van der Waals surface area contributed by atoms with E-state index in [1.165, 1.54) is 15.6 Å². The maximum atomic E-state index is 12.3. The SMILES string of the molecule is CC1CNCC1C(=O)Cc1csc2ccccc12. The predicted molar refractivity (Wildman–Crippen MR) is 76.1 cm³/mol. The topological polar surface area (TPSA) is 29.1 Å². The van der Waals surface area contributed by atoms with Crippen LogP contribution in [0.25, 0.3) is 10.1 Å². The van der Waals surface area contributed by atoms with Gasteiger partial charge in [-0.25, -0.2) is 0 Å². The van der Waals surface area contributed by atoms with Crippen LogP contribution in [0.4, 0.5) is 0 Å². The third-order valence-corrected chi connectivity index (χ3v) is 4.87. The van der Waals surface area contributed by atoms with E-state index in [0.717, 1.165) is 13.1 Å². The summed E-state index contributed by atoms with van der Waals surface area (Å²) < 4.78 is 1.28. The molecule has 2 unspecified atom stereocenters. The Balaban J connectivity index is 1.82. The zero-order valence-corrected chi connectivity index (χ0v) is 11.3. The van der Waals surface area contributed by atoms with Crippen molar-refractivity contribution in [3.05, 3.63) is 35.2 Å². The molecular weight excluding hydrogens is 242 g/mol. The number of Topliss-reactive ketones (excluding diaryl/α,β-unsaturated/α-hetero) is 1. The molecule has 0 amide bonds. The van der Waals surface area contributed by atoms with E-state index in [-0.39, 0.29) is 5.92 Å². The number of fused-ring (bicyclic) bond motifs is 1. The van der Waals surface area contributed by atoms with Crippen molar-refractivity contribution in [1.29, 1.82) is 0 Å². The summed E-state index contributed by atoms with van der Waals surface area (Å²) >= 11 is 1.73. The molecule has 2 nitrogen and oxygen atoms in total. The fourth-order valence-electron chi connectivity index (χ4n) is 2.73. The molecule has 1 aliphatic heterocycles. The average molecular weight is 259 g/mol. The van der Waals surface area contributed by atoms with Gasteiger partial charge < -0.3 is 5.32 Å². The molecule has 0 saturated carbocycles. The van der Waals surface area contributed by atoms with Crippen molar-refractivity contribution < 1.29 is 4.79 Å². The van der Waals surface area contributed by atoms with Crippen molar-refractivity contribution in [1.82, 2.24) is 5.32 Å². The minimum Gasteiger partial charge on any atom is -0.316 e. The first-order valence-corrected chi connectivity index (χ1v) is 7.32. The largest absolute Gasteiger partial charge is 0.316 e. The van der Waals surface area contributed by atoms with Crippen LogP contribution in [0.1, 0.15) is 12.5 Å². The first kappa shape index (κ1) is 11.9. The fraction of sp³-hybridized carbons (Fsp3) is 0.400. The maximum Gasteiger partial charge on any atom is 0.141 e. The second kappa shape index (κ2) is 4.82. The lowest BCUT2D eigenvalue weighted by Crippen LogP contribution is -2.22. The van der Waals surface area contributed by atoms with Crippen LogP contribution in [-0.2, 0) is 11.2 Å². The summed E-state index contributed by atoms with van der Waals surface area (Å²) in [6, 6.07) is 8.33. The molecule has 1 aromatic carbocycles. The predicted octanol–water partition coefficient (Wildman–Crippen LogP) is 2.87. The van der Waals surface area contributed by atoms with Crippen molar-refractivity contribution in [2.75, 3.05) is 13.1 Å². The van der Waals surface area contributed by atoms with E-state index in [9.17, 15) is 4.79 Å². The smallest absolute Gasteiger partial charge is 0.141 e. The van der Waals surface area contributed by atoms with Gasteiger partial charge in [0.1, 0.15) is 5.78 Å². The summed E-state index contributed by atoms with van der Waals surface area (Å²) in [6.45, 7) is 3.98. The monoisotopic (exact) mass is 259 g/mol. The zero-order chi connectivity index (χ0) is 12.5. The molecule has 0 spiro atoms. The van der Waals surface area contributed by atoms with Crippen LogP contribution in [0.2, 0.25) is 0 Å². The molecule has 0 aliphatic carbocycles. The lowest BCUT2D eigenvalue weighted by atomic mass is 9.90. The van der Waals surface area contributed by atoms with Gasteiger partial charge in [-0.05, 0) is 34.9 Å². The molecule has 0 bridgehead atoms. The van der Waals surface area contributed by atoms with Gasteiger partial charge in [0.15, 0.2) is 0 Å². The van der Waals surface area contributed by atoms with E-state index >= 15 is 0 Å². The quantitative estimate of drug-likeness (QED) is 0.918. The van der Waals surface area contributed by atoms with Crippen molar-refractivity contribution in [3.63, 3.8) is 0 Å². The Bertz CT molecular complexity index is 575. The average Bonchev–Trinajstić information content (AvgIpc) is 2.97. The molecule has 3 rings (SSSR count). The zero-order valence-electron chi connectivity index (χ0n) is 10.5. The van der Waals surface area contributed by atoms with Gasteiger partial charge in [-0.3, -0.25) is 4.79 Å². The Kier molecular flexibility index (Phi) is 3.18. The molecule has 1 N–H and O–H groups in total. The van der Waals surface area contributed by atoms with E-state index in [1.54, 1.807) is 11.3 Å². The first-order chi connectivity index (χ1) is 8.75. The Morgan fingerprint density at radius 3 is 3.00 bits per heavy atom. The van der Waals surface area contributed by atoms with Gasteiger partial charge in [0.25, 0.3) is 0 Å². The number of carbonyl (C=O) groups excluding carboxylic acids is 1. The molecule has 1 aromatic heterocycles. The van der Waals surface area contributed by atoms with Crippen LogP contribution >= 0.6 is 11.3 Å². The number of ketones is 1. The molecule has 18 heavy (non-hydrogen) atoms. The normalized spacial score (nSPS) is 23.6. The number of nitrogens with one attached hydrogen (secondary N) is 1. The Morgan fingerprint density at radius 1 is 1.39 bits per heavy atom. The van der Waals surface area contributed by atoms with Crippen molar-refractivity contribution >= 4 is 27.2 Å². The number of thiophene rings is 1. The van der Waals surface area contributed by atoms with Gasteiger partial charge in [0, 0.05) is 23.6 Å². The fourth-order valence-corrected chi connectivity index (χ4v) is 3.69. The van der Waals surface area contributed by atoms with Gasteiger partial charge >= 0.3 is 0 Å². The summed E-state index contributed by atoms with van der Waals surface area (Å²) in [6.07, 6.45) is 0.584. The highest BCUT2D eigenvalue weighted by atomic mass is 32.1. The standard InChI is InChI=1S/C15H17NOS/c1-10-7-16-8-13(10)14(17)6-11-9-18-15-5-3-2-4-12(11)15/h2-5,9-10,13,16H,6-8H2,1H3. The van der Waals surface area contributed by atoms with E-state index in [2.05, 4.69) is 29.8 Å². The molecular formula is C15H17NOS. The van der Waals surface area contributed by atoms with Gasteiger partial charge in [0.2, 0.25) is 0 Å². The van der Waals surface area contributed by atoms with Crippen molar-refractivity contribution in [2.24, 2.45) is 11.8 Å². The lowest BCUT2D eigenvalue weighted by Gasteiger charge is -2.12. The molecule has 1 saturated heterocycles. The van der Waals surface area contributed by atoms with Crippen LogP contribution in [0.15, 0.2) is 29.6 Å². The highest BCUT2D eigenvalue weighted by Gasteiger charge is 2.29. The van der Waals surface area contributed by atoms with Gasteiger partial charge in [-0.15, -0.1) is 11.3 Å². The molecule has 2 heterocycles. The molecule has 1 aliphatic rings. The third kappa shape index (κ3) is 2.08. The third-order valence-electron chi connectivity index (χ3n) is 3.86. The Hall–Kier alpha value is -1.19. The molecule has 3 heteroatoms. The van der Waals surface area contributed by atoms with E-state index < -0.39 is 0 Å². The molecule has 1 fully saturated rings. The summed E-state index contributed by atoms with van der Waals surface area (Å²) in [5.41, 5.74) is 1.19. The minimum atomic E-state index is 0.198. The number of benzene rings is 1. The minimum absolute atomic E-state index is 0.198. The molecule has 2 atom stereocenters. The molecule has 2 aromatic rings. The second-order valence-electron chi connectivity index (χ2n) is 5.14. The number of rotatable bonds is 3. The lowest BCUT2D eigenvalue weighted by molar-refractivity contribution is -0.122. The van der Waals surface area contributed by atoms with Crippen molar-refractivity contribution in [3.8, 4) is 0 Å². The molecule has 0 radical (unpaired) electrons. The van der Waals surface area contributed by atoms with Crippen molar-refractivity contribution in [2.45, 2.75) is 13.3 Å². The summed E-state index contributed by atoms with van der Waals surface area (Å²) in [7, 11) is 0. The van der Waals surface area contributed by atoms with Gasteiger partial charge in [0.05, 0.1) is 0 Å². The Labute approximate surface area is 111 Å². The Morgan fingerprint density at radius 2 is 2.22 bits per heavy atom. The van der Waals surface area contributed by atoms with Crippen LogP contribution in [0, 0.1) is 11.8 Å². The number of carbonyl (C=O) groups is 1. The van der Waals surface area contributed by atoms with E-state index in [4.69, 9.17) is 0 Å². The first-order valence-electron chi connectivity index (χ1n) is 6.44. The van der Waals surface area contributed by atoms with Crippen LogP contribution < -0.4 is 5.32 Å². The molecule has 94 valence electrons. The van der Waals surface area contributed by atoms with Crippen LogP contribution in [0.5, 0.6) is 0 Å². The highest BCUT2D eigenvalue weighted by Crippen LogP contribution is 2.27. The maximum absolute atomic E-state index is 12.3. The van der Waals surface area contributed by atoms with E-state index in [1.807, 2.05) is 12.1 Å². The number of hydrogen-bond acceptors (Lipinski definition) is 3. The summed E-state index contributed by atoms with van der Waals surface area (Å²) in [4.78, 5) is 12.3. The van der Waals surface area contributed by atoms with Gasteiger partial charge in [-0.1, -0.05) is 25.1 Å². The second-order valence-corrected chi connectivity index (χ2v) is 6.05. The van der Waals surface area contributed by atoms with E-state index in [0.29, 0.717) is 18.1 Å². The van der Waals surface area contributed by atoms with Crippen LogP contribution in [0.3, 0.4) is 0 Å².